The Bertz CT molecular complexity index is 307. The van der Waals surface area contributed by atoms with Gasteiger partial charge in [-0.25, -0.2) is 4.98 Å². The van der Waals surface area contributed by atoms with Gasteiger partial charge in [0.1, 0.15) is 5.82 Å². The molecule has 0 aliphatic carbocycles. The minimum atomic E-state index is -4.07. The average molecular weight is 235 g/mol. The first-order valence-corrected chi connectivity index (χ1v) is 5.30. The minimum absolute atomic E-state index is 0.0962. The molecule has 0 aliphatic rings. The Hall–Kier alpha value is -1.04. The zero-order valence-corrected chi connectivity index (χ0v) is 9.22. The maximum Gasteiger partial charge on any atom is 0.389 e. The summed E-state index contributed by atoms with van der Waals surface area (Å²) in [6, 6.07) is 0. The van der Waals surface area contributed by atoms with Gasteiger partial charge in [-0.3, -0.25) is 0 Å². The van der Waals surface area contributed by atoms with Gasteiger partial charge in [-0.05, 0) is 13.0 Å². The van der Waals surface area contributed by atoms with Gasteiger partial charge < -0.3 is 9.88 Å². The second-order valence-electron chi connectivity index (χ2n) is 3.54. The molecule has 92 valence electrons. The summed E-state index contributed by atoms with van der Waals surface area (Å²) in [5.41, 5.74) is 0. The molecule has 0 unspecified atom stereocenters. The molecule has 0 spiro atoms. The van der Waals surface area contributed by atoms with E-state index in [1.54, 1.807) is 17.0 Å². The van der Waals surface area contributed by atoms with E-state index in [-0.39, 0.29) is 6.42 Å². The van der Waals surface area contributed by atoms with Gasteiger partial charge in [0.25, 0.3) is 0 Å². The molecule has 1 aromatic heterocycles. The topological polar surface area (TPSA) is 29.9 Å². The fraction of sp³-hybridized carbons (Fsp3) is 0.700. The molecule has 0 saturated heterocycles. The molecular weight excluding hydrogens is 219 g/mol. The van der Waals surface area contributed by atoms with Crippen LogP contribution in [0.2, 0.25) is 0 Å². The number of hydrogen-bond donors (Lipinski definition) is 1. The summed E-state index contributed by atoms with van der Waals surface area (Å²) >= 11 is 0. The van der Waals surface area contributed by atoms with E-state index in [9.17, 15) is 13.2 Å². The first-order chi connectivity index (χ1) is 7.53. The Labute approximate surface area is 92.7 Å². The molecule has 0 radical (unpaired) electrons. The highest BCUT2D eigenvalue weighted by Crippen LogP contribution is 2.21. The van der Waals surface area contributed by atoms with Crippen LogP contribution in [0.15, 0.2) is 12.4 Å². The fourth-order valence-corrected chi connectivity index (χ4v) is 1.40. The second kappa shape index (κ2) is 5.89. The zero-order chi connectivity index (χ0) is 12.0. The molecule has 1 rings (SSSR count). The second-order valence-corrected chi connectivity index (χ2v) is 3.54. The maximum atomic E-state index is 12.0. The van der Waals surface area contributed by atoms with Gasteiger partial charge in [-0.1, -0.05) is 6.92 Å². The lowest BCUT2D eigenvalue weighted by atomic mass is 10.3. The van der Waals surface area contributed by atoms with Crippen molar-refractivity contribution in [2.75, 3.05) is 6.54 Å². The van der Waals surface area contributed by atoms with Crippen molar-refractivity contribution in [2.24, 2.45) is 0 Å². The van der Waals surface area contributed by atoms with E-state index >= 15 is 0 Å². The van der Waals surface area contributed by atoms with Crippen LogP contribution in [0.4, 0.5) is 13.2 Å². The maximum absolute atomic E-state index is 12.0. The molecule has 0 fully saturated rings. The Morgan fingerprint density at radius 3 is 2.81 bits per heavy atom. The standard InChI is InChI=1S/C10H16F3N3/c1-2-14-8-9-15-5-7-16(9)6-3-4-10(11,12)13/h5,7,14H,2-4,6,8H2,1H3. The molecule has 1 N–H and O–H groups in total. The Kier molecular flexibility index (Phi) is 4.79. The third-order valence-corrected chi connectivity index (χ3v) is 2.19. The van der Waals surface area contributed by atoms with E-state index in [0.717, 1.165) is 12.4 Å². The number of nitrogens with one attached hydrogen (secondary N) is 1. The van der Waals surface area contributed by atoms with Gasteiger partial charge in [-0.2, -0.15) is 13.2 Å². The first-order valence-electron chi connectivity index (χ1n) is 5.30. The molecule has 0 atom stereocenters. The van der Waals surface area contributed by atoms with Crippen LogP contribution >= 0.6 is 0 Å². The lowest BCUT2D eigenvalue weighted by molar-refractivity contribution is -0.135. The van der Waals surface area contributed by atoms with Gasteiger partial charge in [0.15, 0.2) is 0 Å². The van der Waals surface area contributed by atoms with Crippen LogP contribution in [-0.4, -0.2) is 22.3 Å². The highest BCUT2D eigenvalue weighted by molar-refractivity contribution is 4.91. The molecule has 3 nitrogen and oxygen atoms in total. The number of hydrogen-bond acceptors (Lipinski definition) is 2. The molecule has 0 bridgehead atoms. The summed E-state index contributed by atoms with van der Waals surface area (Å²) < 4.78 is 37.6. The molecule has 6 heteroatoms. The molecule has 0 aromatic carbocycles. The van der Waals surface area contributed by atoms with Crippen molar-refractivity contribution in [2.45, 2.75) is 39.0 Å². The normalized spacial score (nSPS) is 12.0. The van der Waals surface area contributed by atoms with Crippen LogP contribution < -0.4 is 5.32 Å². The molecule has 1 heterocycles. The Morgan fingerprint density at radius 1 is 1.44 bits per heavy atom. The lowest BCUT2D eigenvalue weighted by Crippen LogP contribution is -2.17. The van der Waals surface area contributed by atoms with Crippen LogP contribution in [0, 0.1) is 0 Å². The smallest absolute Gasteiger partial charge is 0.334 e. The number of halogens is 3. The molecule has 1 aromatic rings. The summed E-state index contributed by atoms with van der Waals surface area (Å²) in [4.78, 5) is 4.09. The lowest BCUT2D eigenvalue weighted by Gasteiger charge is -2.09. The van der Waals surface area contributed by atoms with E-state index in [4.69, 9.17) is 0 Å². The first kappa shape index (κ1) is 13.0. The van der Waals surface area contributed by atoms with Gasteiger partial charge >= 0.3 is 6.18 Å². The van der Waals surface area contributed by atoms with Crippen LogP contribution in [0.25, 0.3) is 0 Å². The number of rotatable bonds is 6. The van der Waals surface area contributed by atoms with Crippen molar-refractivity contribution in [3.8, 4) is 0 Å². The average Bonchev–Trinajstić information content (AvgIpc) is 2.60. The highest BCUT2D eigenvalue weighted by Gasteiger charge is 2.26. The van der Waals surface area contributed by atoms with Gasteiger partial charge in [-0.15, -0.1) is 0 Å². The third-order valence-electron chi connectivity index (χ3n) is 2.19. The predicted molar refractivity (Wildman–Crippen MR) is 54.9 cm³/mol. The minimum Gasteiger partial charge on any atom is -0.334 e. The monoisotopic (exact) mass is 235 g/mol. The summed E-state index contributed by atoms with van der Waals surface area (Å²) in [7, 11) is 0. The summed E-state index contributed by atoms with van der Waals surface area (Å²) in [6.45, 7) is 3.74. The Morgan fingerprint density at radius 2 is 2.19 bits per heavy atom. The van der Waals surface area contributed by atoms with E-state index in [1.165, 1.54) is 0 Å². The molecule has 0 aliphatic heterocycles. The molecule has 16 heavy (non-hydrogen) atoms. The molecular formula is C10H16F3N3. The number of alkyl halides is 3. The third kappa shape index (κ3) is 4.65. The molecule has 0 amide bonds. The molecule has 0 saturated carbocycles. The van der Waals surface area contributed by atoms with Crippen molar-refractivity contribution in [1.29, 1.82) is 0 Å². The van der Waals surface area contributed by atoms with Crippen LogP contribution in [0.3, 0.4) is 0 Å². The summed E-state index contributed by atoms with van der Waals surface area (Å²) in [6.07, 6.45) is -1.39. The Balaban J connectivity index is 2.38. The number of nitrogens with zero attached hydrogens (tertiary/aromatic N) is 2. The van der Waals surface area contributed by atoms with Crippen LogP contribution in [0.1, 0.15) is 25.6 Å². The van der Waals surface area contributed by atoms with Crippen molar-refractivity contribution in [3.05, 3.63) is 18.2 Å². The van der Waals surface area contributed by atoms with E-state index in [1.807, 2.05) is 6.92 Å². The summed E-state index contributed by atoms with van der Waals surface area (Å²) in [5.74, 6) is 0.782. The van der Waals surface area contributed by atoms with Gasteiger partial charge in [0.05, 0.1) is 6.54 Å². The number of imidazole rings is 1. The van der Waals surface area contributed by atoms with Gasteiger partial charge in [0, 0.05) is 25.4 Å². The van der Waals surface area contributed by atoms with Crippen LogP contribution in [-0.2, 0) is 13.1 Å². The van der Waals surface area contributed by atoms with Crippen LogP contribution in [0.5, 0.6) is 0 Å². The van der Waals surface area contributed by atoms with E-state index < -0.39 is 12.6 Å². The van der Waals surface area contributed by atoms with Gasteiger partial charge in [0.2, 0.25) is 0 Å². The highest BCUT2D eigenvalue weighted by atomic mass is 19.4. The van der Waals surface area contributed by atoms with Crippen molar-refractivity contribution in [1.82, 2.24) is 14.9 Å². The summed E-state index contributed by atoms with van der Waals surface area (Å²) in [5, 5.41) is 3.09. The predicted octanol–water partition coefficient (Wildman–Crippen LogP) is 2.34. The number of aryl methyl sites for hydroxylation is 1. The number of aromatic nitrogens is 2. The van der Waals surface area contributed by atoms with Crippen molar-refractivity contribution < 1.29 is 13.2 Å². The SMILES string of the molecule is CCNCc1nccn1CCCC(F)(F)F. The fourth-order valence-electron chi connectivity index (χ4n) is 1.40. The quantitative estimate of drug-likeness (QED) is 0.820. The van der Waals surface area contributed by atoms with Crippen molar-refractivity contribution >= 4 is 0 Å². The van der Waals surface area contributed by atoms with Crippen molar-refractivity contribution in [3.63, 3.8) is 0 Å². The largest absolute Gasteiger partial charge is 0.389 e. The zero-order valence-electron chi connectivity index (χ0n) is 9.22. The van der Waals surface area contributed by atoms with E-state index in [0.29, 0.717) is 13.1 Å². The van der Waals surface area contributed by atoms with E-state index in [2.05, 4.69) is 10.3 Å².